The molecular weight excluding hydrogens is 457 g/mol. The van der Waals surface area contributed by atoms with Crippen LogP contribution in [0.3, 0.4) is 0 Å². The third-order valence-corrected chi connectivity index (χ3v) is 6.23. The van der Waals surface area contributed by atoms with Crippen LogP contribution in [0.15, 0.2) is 12.3 Å². The first-order valence-electron chi connectivity index (χ1n) is 9.54. The average molecular weight is 475 g/mol. The Morgan fingerprint density at radius 3 is 2.31 bits per heavy atom. The summed E-state index contributed by atoms with van der Waals surface area (Å²) < 4.78 is 38.7. The molecule has 2 saturated heterocycles. The number of imide groups is 1. The Morgan fingerprint density at radius 2 is 1.78 bits per heavy atom. The molecule has 1 aromatic heterocycles. The van der Waals surface area contributed by atoms with Gasteiger partial charge in [-0.05, 0) is 11.5 Å². The Labute approximate surface area is 184 Å². The lowest BCUT2D eigenvalue weighted by Gasteiger charge is -2.40. The third kappa shape index (κ3) is 3.11. The highest BCUT2D eigenvalue weighted by molar-refractivity contribution is 6.33. The first kappa shape index (κ1) is 22.6. The third-order valence-electron chi connectivity index (χ3n) is 5.96. The first-order chi connectivity index (χ1) is 14.7. The van der Waals surface area contributed by atoms with E-state index in [4.69, 9.17) is 16.4 Å². The Morgan fingerprint density at radius 1 is 1.19 bits per heavy atom. The van der Waals surface area contributed by atoms with Crippen LogP contribution < -0.4 is 10.5 Å². The Balaban J connectivity index is 1.68. The van der Waals surface area contributed by atoms with Crippen molar-refractivity contribution in [2.45, 2.75) is 44.5 Å². The minimum Gasteiger partial charge on any atom is -0.297 e. The summed E-state index contributed by atoms with van der Waals surface area (Å²) in [7, 11) is 1.20. The molecule has 2 aliphatic heterocycles. The number of Topliss-reactive ketones (excluding diaryl/α,β-unsaturated/α-hetero) is 2. The second-order valence-corrected chi connectivity index (χ2v) is 9.24. The lowest BCUT2D eigenvalue weighted by atomic mass is 9.63. The molecule has 2 atom stereocenters. The number of nitrogens with one attached hydrogen (secondary N) is 1. The molecule has 13 heteroatoms. The number of nitrogens with zero attached hydrogens (tertiary/aromatic N) is 3. The van der Waals surface area contributed by atoms with Crippen LogP contribution in [0.2, 0.25) is 5.02 Å². The van der Waals surface area contributed by atoms with E-state index in [1.807, 2.05) is 0 Å². The number of halogens is 4. The largest absolute Gasteiger partial charge is 0.417 e. The molecule has 4 rings (SSSR count). The number of carbonyl (C=O) groups is 4. The second-order valence-electron chi connectivity index (χ2n) is 8.83. The number of alkyl halides is 3. The molecule has 0 unspecified atom stereocenters. The van der Waals surface area contributed by atoms with Gasteiger partial charge in [0.15, 0.2) is 29.0 Å². The molecule has 9 nitrogen and oxygen atoms in total. The number of amides is 2. The SMILES string of the molecule is CN(c1ncc(C(F)(F)F)cc1Cl)N1C(=O)[C@H]2ONC3(C(=O)CC(C)(C)CC3=O)[C@@H]2C1=O. The second kappa shape index (κ2) is 6.96. The van der Waals surface area contributed by atoms with Gasteiger partial charge in [-0.25, -0.2) is 4.98 Å². The molecule has 172 valence electrons. The van der Waals surface area contributed by atoms with Crippen molar-refractivity contribution < 1.29 is 37.2 Å². The zero-order valence-corrected chi connectivity index (χ0v) is 17.9. The molecule has 0 bridgehead atoms. The van der Waals surface area contributed by atoms with E-state index in [1.165, 1.54) is 7.05 Å². The van der Waals surface area contributed by atoms with Gasteiger partial charge in [0, 0.05) is 26.1 Å². The van der Waals surface area contributed by atoms with E-state index in [9.17, 15) is 32.3 Å². The highest BCUT2D eigenvalue weighted by atomic mass is 35.5. The summed E-state index contributed by atoms with van der Waals surface area (Å²) >= 11 is 5.94. The number of ketones is 2. The quantitative estimate of drug-likeness (QED) is 0.509. The Bertz CT molecular complexity index is 1040. The first-order valence-corrected chi connectivity index (χ1v) is 9.92. The van der Waals surface area contributed by atoms with Crippen molar-refractivity contribution >= 4 is 40.8 Å². The number of carbonyl (C=O) groups excluding carboxylic acids is 4. The number of rotatable bonds is 2. The van der Waals surface area contributed by atoms with Gasteiger partial charge in [-0.2, -0.15) is 23.7 Å². The van der Waals surface area contributed by atoms with Gasteiger partial charge in [0.05, 0.1) is 10.6 Å². The van der Waals surface area contributed by atoms with Crippen LogP contribution in [0.5, 0.6) is 0 Å². The lowest BCUT2D eigenvalue weighted by Crippen LogP contribution is -2.65. The van der Waals surface area contributed by atoms with E-state index in [2.05, 4.69) is 10.5 Å². The van der Waals surface area contributed by atoms with Crippen LogP contribution in [0.25, 0.3) is 0 Å². The molecular formula is C19H18ClF3N4O5. The predicted octanol–water partition coefficient (Wildman–Crippen LogP) is 1.69. The van der Waals surface area contributed by atoms with Crippen molar-refractivity contribution in [1.29, 1.82) is 0 Å². The van der Waals surface area contributed by atoms with E-state index in [1.54, 1.807) is 13.8 Å². The normalized spacial score (nSPS) is 26.8. The van der Waals surface area contributed by atoms with Gasteiger partial charge in [0.1, 0.15) is 5.92 Å². The molecule has 1 aliphatic carbocycles. The number of hydrazine groups is 1. The van der Waals surface area contributed by atoms with Crippen molar-refractivity contribution in [3.8, 4) is 0 Å². The van der Waals surface area contributed by atoms with Crippen LogP contribution in [0, 0.1) is 11.3 Å². The molecule has 2 amide bonds. The van der Waals surface area contributed by atoms with Crippen LogP contribution in [0.4, 0.5) is 19.0 Å². The highest BCUT2D eigenvalue weighted by Gasteiger charge is 2.71. The molecule has 1 spiro atoms. The number of hydroxylamine groups is 1. The fraction of sp³-hybridized carbons (Fsp3) is 0.526. The number of anilines is 1. The van der Waals surface area contributed by atoms with E-state index in [0.717, 1.165) is 5.01 Å². The summed E-state index contributed by atoms with van der Waals surface area (Å²) in [4.78, 5) is 61.0. The Hall–Kier alpha value is -2.57. The Kier molecular flexibility index (Phi) is 4.92. The number of pyridine rings is 1. The van der Waals surface area contributed by atoms with Gasteiger partial charge in [-0.15, -0.1) is 0 Å². The van der Waals surface area contributed by atoms with E-state index >= 15 is 0 Å². The lowest BCUT2D eigenvalue weighted by molar-refractivity contribution is -0.156. The van der Waals surface area contributed by atoms with Crippen molar-refractivity contribution in [1.82, 2.24) is 15.5 Å². The van der Waals surface area contributed by atoms with E-state index in [-0.39, 0.29) is 18.7 Å². The number of aromatic nitrogens is 1. The monoisotopic (exact) mass is 474 g/mol. The summed E-state index contributed by atoms with van der Waals surface area (Å²) in [5.41, 5.74) is -1.37. The molecule has 0 aromatic carbocycles. The maximum Gasteiger partial charge on any atom is 0.417 e. The zero-order valence-electron chi connectivity index (χ0n) is 17.1. The average Bonchev–Trinajstić information content (AvgIpc) is 3.16. The summed E-state index contributed by atoms with van der Waals surface area (Å²) in [5, 5.41) is 1.00. The standard InChI is InChI=1S/C19H18ClF3N4O5/c1-17(2)5-10(28)18(11(29)6-17)12-13(32-25-18)16(31)27(15(12)30)26(3)14-9(20)4-8(7-24-14)19(21,22)23/h4,7,12-13,25H,5-6H2,1-3H3/t12-,13-/m0/s1. The van der Waals surface area contributed by atoms with Gasteiger partial charge in [-0.3, -0.25) is 29.0 Å². The minimum absolute atomic E-state index is 0.0120. The fourth-order valence-electron chi connectivity index (χ4n) is 4.42. The van der Waals surface area contributed by atoms with Gasteiger partial charge in [0.25, 0.3) is 11.8 Å². The number of hydrogen-bond acceptors (Lipinski definition) is 8. The van der Waals surface area contributed by atoms with Crippen LogP contribution in [-0.4, -0.2) is 52.1 Å². The molecule has 0 radical (unpaired) electrons. The summed E-state index contributed by atoms with van der Waals surface area (Å²) in [5.74, 6) is -4.72. The summed E-state index contributed by atoms with van der Waals surface area (Å²) in [6.07, 6.45) is -5.67. The fourth-order valence-corrected chi connectivity index (χ4v) is 4.71. The van der Waals surface area contributed by atoms with Crippen LogP contribution in [-0.2, 0) is 30.2 Å². The van der Waals surface area contributed by atoms with Crippen molar-refractivity contribution in [3.63, 3.8) is 0 Å². The molecule has 1 saturated carbocycles. The predicted molar refractivity (Wildman–Crippen MR) is 102 cm³/mol. The summed E-state index contributed by atoms with van der Waals surface area (Å²) in [6.45, 7) is 3.48. The number of fused-ring (bicyclic) bond motifs is 2. The van der Waals surface area contributed by atoms with E-state index in [0.29, 0.717) is 17.3 Å². The molecule has 3 aliphatic rings. The minimum atomic E-state index is -4.69. The maximum atomic E-state index is 13.3. The van der Waals surface area contributed by atoms with Gasteiger partial charge in [0.2, 0.25) is 0 Å². The highest BCUT2D eigenvalue weighted by Crippen LogP contribution is 2.46. The molecule has 1 aromatic rings. The maximum absolute atomic E-state index is 13.3. The van der Waals surface area contributed by atoms with Crippen molar-refractivity contribution in [2.75, 3.05) is 12.1 Å². The van der Waals surface area contributed by atoms with Gasteiger partial charge < -0.3 is 0 Å². The topological polar surface area (TPSA) is 109 Å². The van der Waals surface area contributed by atoms with Gasteiger partial charge in [-0.1, -0.05) is 25.4 Å². The molecule has 3 fully saturated rings. The van der Waals surface area contributed by atoms with Gasteiger partial charge >= 0.3 is 6.18 Å². The van der Waals surface area contributed by atoms with E-state index < -0.39 is 63.1 Å². The van der Waals surface area contributed by atoms with Crippen LogP contribution in [0.1, 0.15) is 32.3 Å². The molecule has 3 heterocycles. The molecule has 32 heavy (non-hydrogen) atoms. The zero-order chi connectivity index (χ0) is 23.8. The van der Waals surface area contributed by atoms with Crippen molar-refractivity contribution in [2.24, 2.45) is 11.3 Å². The van der Waals surface area contributed by atoms with Crippen LogP contribution >= 0.6 is 11.6 Å². The smallest absolute Gasteiger partial charge is 0.297 e. The molecule has 1 N–H and O–H groups in total. The van der Waals surface area contributed by atoms with Crippen molar-refractivity contribution in [3.05, 3.63) is 22.8 Å². The number of hydrogen-bond donors (Lipinski definition) is 1. The summed E-state index contributed by atoms with van der Waals surface area (Å²) in [6, 6.07) is 0.613.